The highest BCUT2D eigenvalue weighted by Gasteiger charge is 2.15. The molecule has 0 radical (unpaired) electrons. The van der Waals surface area contributed by atoms with Crippen LogP contribution in [0.5, 0.6) is 5.75 Å². The average molecular weight is 320 g/mol. The van der Waals surface area contributed by atoms with E-state index in [4.69, 9.17) is 9.79 Å². The van der Waals surface area contributed by atoms with Gasteiger partial charge in [0.2, 0.25) is 0 Å². The lowest BCUT2D eigenvalue weighted by atomic mass is 9.87. The molecule has 2 aromatic rings. The fourth-order valence-corrected chi connectivity index (χ4v) is 2.67. The third-order valence-electron chi connectivity index (χ3n) is 3.10. The van der Waals surface area contributed by atoms with Crippen molar-refractivity contribution < 1.29 is 18.9 Å². The van der Waals surface area contributed by atoms with Crippen molar-refractivity contribution in [3.05, 3.63) is 54.1 Å². The minimum absolute atomic E-state index is 0.154. The zero-order chi connectivity index (χ0) is 16.4. The Bertz CT molecular complexity index is 663. The zero-order valence-corrected chi connectivity index (χ0v) is 13.9. The monoisotopic (exact) mass is 320 g/mol. The smallest absolute Gasteiger partial charge is 0.404 e. The Morgan fingerprint density at radius 3 is 1.77 bits per heavy atom. The maximum absolute atomic E-state index is 10.8. The molecule has 22 heavy (non-hydrogen) atoms. The molecule has 0 amide bonds. The summed E-state index contributed by atoms with van der Waals surface area (Å²) in [5.41, 5.74) is 3.57. The molecule has 0 unspecified atom stereocenters. The maximum atomic E-state index is 10.8. The van der Waals surface area contributed by atoms with E-state index in [2.05, 4.69) is 49.6 Å². The van der Waals surface area contributed by atoms with Crippen LogP contribution in [0.15, 0.2) is 48.5 Å². The van der Waals surface area contributed by atoms with Crippen molar-refractivity contribution in [2.45, 2.75) is 27.2 Å². The van der Waals surface area contributed by atoms with E-state index in [1.807, 2.05) is 0 Å². The van der Waals surface area contributed by atoms with Gasteiger partial charge in [-0.2, -0.15) is 0 Å². The quantitative estimate of drug-likeness (QED) is 0.819. The fourth-order valence-electron chi connectivity index (χ4n) is 2.27. The molecule has 0 saturated carbocycles. The largest absolute Gasteiger partial charge is 0.524 e. The van der Waals surface area contributed by atoms with Crippen molar-refractivity contribution in [1.29, 1.82) is 0 Å². The van der Waals surface area contributed by atoms with Crippen LogP contribution in [-0.2, 0) is 11.0 Å². The molecule has 0 spiro atoms. The Hall–Kier alpha value is -1.61. The summed E-state index contributed by atoms with van der Waals surface area (Å²) < 4.78 is 15.3. The average Bonchev–Trinajstić information content (AvgIpc) is 2.37. The summed E-state index contributed by atoms with van der Waals surface area (Å²) in [5, 5.41) is 0. The molecule has 2 aromatic carbocycles. The van der Waals surface area contributed by atoms with Gasteiger partial charge in [-0.25, -0.2) is 4.57 Å². The van der Waals surface area contributed by atoms with Crippen LogP contribution in [0.25, 0.3) is 11.1 Å². The molecule has 0 atom stereocenters. The molecule has 0 heterocycles. The first-order chi connectivity index (χ1) is 10.1. The van der Waals surface area contributed by atoms with Crippen LogP contribution in [0.1, 0.15) is 26.3 Å². The Kier molecular flexibility index (Phi) is 4.76. The number of benzene rings is 2. The summed E-state index contributed by atoms with van der Waals surface area (Å²) in [7, 11) is -4.50. The molecule has 118 valence electrons. The van der Waals surface area contributed by atoms with E-state index in [1.165, 1.54) is 5.56 Å². The standard InChI is InChI=1S/C17H21O4P/c1-17(2,3)12-13-4-6-14(7-5-13)15-8-10-16(11-9-15)21-22(18,19)20/h4-11H,12H2,1-3H3,(H2,18,19,20). The number of phosphoric ester groups is 1. The zero-order valence-electron chi connectivity index (χ0n) is 13.0. The maximum Gasteiger partial charge on any atom is 0.524 e. The molecule has 0 aliphatic heterocycles. The number of hydrogen-bond donors (Lipinski definition) is 2. The van der Waals surface area contributed by atoms with E-state index in [9.17, 15) is 4.57 Å². The van der Waals surface area contributed by atoms with Crippen LogP contribution in [0.2, 0.25) is 0 Å². The van der Waals surface area contributed by atoms with Crippen LogP contribution in [0, 0.1) is 5.41 Å². The van der Waals surface area contributed by atoms with Crippen molar-refractivity contribution in [3.63, 3.8) is 0 Å². The van der Waals surface area contributed by atoms with Gasteiger partial charge in [0.05, 0.1) is 0 Å². The van der Waals surface area contributed by atoms with E-state index >= 15 is 0 Å². The molecule has 0 aliphatic rings. The molecule has 5 heteroatoms. The van der Waals surface area contributed by atoms with Gasteiger partial charge in [-0.05, 0) is 40.7 Å². The first-order valence-corrected chi connectivity index (χ1v) is 8.60. The molecular formula is C17H21O4P. The van der Waals surface area contributed by atoms with Gasteiger partial charge < -0.3 is 4.52 Å². The van der Waals surface area contributed by atoms with Crippen LogP contribution in [-0.4, -0.2) is 9.79 Å². The van der Waals surface area contributed by atoms with Gasteiger partial charge in [-0.3, -0.25) is 9.79 Å². The lowest BCUT2D eigenvalue weighted by molar-refractivity contribution is 0.283. The van der Waals surface area contributed by atoms with Crippen LogP contribution in [0.3, 0.4) is 0 Å². The molecule has 2 rings (SSSR count). The number of rotatable bonds is 4. The minimum Gasteiger partial charge on any atom is -0.404 e. The Morgan fingerprint density at radius 2 is 1.36 bits per heavy atom. The summed E-state index contributed by atoms with van der Waals surface area (Å²) in [6, 6.07) is 15.0. The van der Waals surface area contributed by atoms with Crippen molar-refractivity contribution in [1.82, 2.24) is 0 Å². The van der Waals surface area contributed by atoms with E-state index in [-0.39, 0.29) is 11.2 Å². The first-order valence-electron chi connectivity index (χ1n) is 7.07. The van der Waals surface area contributed by atoms with Crippen molar-refractivity contribution in [3.8, 4) is 16.9 Å². The molecule has 0 aromatic heterocycles. The van der Waals surface area contributed by atoms with Gasteiger partial charge in [0.1, 0.15) is 5.75 Å². The molecule has 4 nitrogen and oxygen atoms in total. The van der Waals surface area contributed by atoms with Gasteiger partial charge >= 0.3 is 7.82 Å². The Morgan fingerprint density at radius 1 is 0.909 bits per heavy atom. The van der Waals surface area contributed by atoms with Gasteiger partial charge in [0, 0.05) is 0 Å². The van der Waals surface area contributed by atoms with Crippen molar-refractivity contribution in [2.24, 2.45) is 5.41 Å². The third-order valence-corrected chi connectivity index (χ3v) is 3.55. The molecule has 0 bridgehead atoms. The van der Waals surface area contributed by atoms with Crippen molar-refractivity contribution in [2.75, 3.05) is 0 Å². The number of hydrogen-bond acceptors (Lipinski definition) is 2. The molecule has 0 aliphatic carbocycles. The van der Waals surface area contributed by atoms with Crippen LogP contribution < -0.4 is 4.52 Å². The summed E-state index contributed by atoms with van der Waals surface area (Å²) in [6.07, 6.45) is 1.02. The summed E-state index contributed by atoms with van der Waals surface area (Å²) in [6.45, 7) is 6.63. The second-order valence-electron chi connectivity index (χ2n) is 6.54. The highest BCUT2D eigenvalue weighted by atomic mass is 31.2. The second-order valence-corrected chi connectivity index (χ2v) is 7.70. The summed E-state index contributed by atoms with van der Waals surface area (Å²) in [4.78, 5) is 17.5. The molecule has 0 saturated heterocycles. The molecule has 2 N–H and O–H groups in total. The SMILES string of the molecule is CC(C)(C)Cc1ccc(-c2ccc(OP(=O)(O)O)cc2)cc1. The normalized spacial score (nSPS) is 12.2. The summed E-state index contributed by atoms with van der Waals surface area (Å²) in [5.74, 6) is 0.154. The Labute approximate surface area is 131 Å². The fraction of sp³-hybridized carbons (Fsp3) is 0.294. The van der Waals surface area contributed by atoms with E-state index < -0.39 is 7.82 Å². The topological polar surface area (TPSA) is 66.8 Å². The second kappa shape index (κ2) is 6.25. The predicted octanol–water partition coefficient (Wildman–Crippen LogP) is 4.41. The Balaban J connectivity index is 2.13. The predicted molar refractivity (Wildman–Crippen MR) is 87.7 cm³/mol. The van der Waals surface area contributed by atoms with Crippen molar-refractivity contribution >= 4 is 7.82 Å². The van der Waals surface area contributed by atoms with Crippen LogP contribution in [0.4, 0.5) is 0 Å². The molecule has 0 fully saturated rings. The van der Waals surface area contributed by atoms with Gasteiger partial charge in [0.25, 0.3) is 0 Å². The van der Waals surface area contributed by atoms with Gasteiger partial charge in [-0.15, -0.1) is 0 Å². The highest BCUT2D eigenvalue weighted by molar-refractivity contribution is 7.46. The summed E-state index contributed by atoms with van der Waals surface area (Å²) >= 11 is 0. The van der Waals surface area contributed by atoms with Gasteiger partial charge in [-0.1, -0.05) is 57.2 Å². The van der Waals surface area contributed by atoms with Crippen LogP contribution >= 0.6 is 7.82 Å². The minimum atomic E-state index is -4.50. The van der Waals surface area contributed by atoms with E-state index in [1.54, 1.807) is 24.3 Å². The highest BCUT2D eigenvalue weighted by Crippen LogP contribution is 2.38. The molecular weight excluding hydrogens is 299 g/mol. The van der Waals surface area contributed by atoms with E-state index in [0.717, 1.165) is 17.5 Å². The van der Waals surface area contributed by atoms with Gasteiger partial charge in [0.15, 0.2) is 0 Å². The lowest BCUT2D eigenvalue weighted by Gasteiger charge is -2.18. The van der Waals surface area contributed by atoms with E-state index in [0.29, 0.717) is 0 Å². The first kappa shape index (κ1) is 16.8. The third kappa shape index (κ3) is 5.30. The number of phosphoric acid groups is 1. The lowest BCUT2D eigenvalue weighted by Crippen LogP contribution is -2.08.